The van der Waals surface area contributed by atoms with Crippen LogP contribution in [0.15, 0.2) is 47.4 Å². The molecule has 1 aromatic heterocycles. The molecule has 0 bridgehead atoms. The SMILES string of the molecule is CN1CCN(S(=O)(=O)c2ccc([C@@H](CC3CCCC3)C(=O)Nc3nc4ccc(C(=O)O)cc4s3)cc2)CC1.COCCN. The zero-order chi connectivity index (χ0) is 31.0. The molecule has 43 heavy (non-hydrogen) atoms. The fraction of sp³-hybridized carbons (Fsp3) is 0.500. The maximum atomic E-state index is 13.5. The lowest BCUT2D eigenvalue weighted by Gasteiger charge is -2.31. The van der Waals surface area contributed by atoms with Crippen molar-refractivity contribution in [1.82, 2.24) is 14.2 Å². The Morgan fingerprint density at radius 2 is 1.79 bits per heavy atom. The molecule has 2 aromatic carbocycles. The third kappa shape index (κ3) is 8.58. The lowest BCUT2D eigenvalue weighted by Crippen LogP contribution is -2.47. The Balaban J connectivity index is 0.000000782. The first-order chi connectivity index (χ1) is 20.6. The number of aromatic nitrogens is 1. The molecule has 11 nitrogen and oxygen atoms in total. The number of likely N-dealkylation sites (N-methyl/N-ethyl adjacent to an activating group) is 1. The molecule has 5 rings (SSSR count). The number of carboxylic acids is 1. The summed E-state index contributed by atoms with van der Waals surface area (Å²) in [6, 6.07) is 11.4. The van der Waals surface area contributed by atoms with E-state index >= 15 is 0 Å². The fourth-order valence-corrected chi connectivity index (χ4v) is 7.78. The number of carboxylic acid groups (broad SMARTS) is 1. The van der Waals surface area contributed by atoms with Crippen molar-refractivity contribution in [1.29, 1.82) is 0 Å². The van der Waals surface area contributed by atoms with Crippen LogP contribution in [0.2, 0.25) is 0 Å². The molecular formula is C30H41N5O6S2. The van der Waals surface area contributed by atoms with Crippen molar-refractivity contribution in [2.75, 3.05) is 58.8 Å². The zero-order valence-electron chi connectivity index (χ0n) is 24.7. The van der Waals surface area contributed by atoms with E-state index in [1.54, 1.807) is 43.5 Å². The van der Waals surface area contributed by atoms with Gasteiger partial charge in [0.25, 0.3) is 0 Å². The van der Waals surface area contributed by atoms with Gasteiger partial charge in [0.15, 0.2) is 5.13 Å². The Morgan fingerprint density at radius 3 is 2.37 bits per heavy atom. The number of nitrogens with one attached hydrogen (secondary N) is 1. The molecule has 1 aliphatic heterocycles. The molecule has 1 amide bonds. The van der Waals surface area contributed by atoms with Gasteiger partial charge in [-0.3, -0.25) is 4.79 Å². The molecule has 0 radical (unpaired) electrons. The first-order valence-electron chi connectivity index (χ1n) is 14.5. The van der Waals surface area contributed by atoms with E-state index in [0.717, 1.165) is 31.2 Å². The van der Waals surface area contributed by atoms with Crippen molar-refractivity contribution in [3.05, 3.63) is 53.6 Å². The average Bonchev–Trinajstić information content (AvgIpc) is 3.66. The van der Waals surface area contributed by atoms with E-state index in [1.807, 2.05) is 7.05 Å². The van der Waals surface area contributed by atoms with Crippen LogP contribution in [0.1, 0.15) is 53.9 Å². The molecule has 1 aliphatic carbocycles. The second-order valence-corrected chi connectivity index (χ2v) is 14.0. The van der Waals surface area contributed by atoms with E-state index in [0.29, 0.717) is 67.0 Å². The summed E-state index contributed by atoms with van der Waals surface area (Å²) in [7, 11) is 0.0262. The number of methoxy groups -OCH3 is 1. The van der Waals surface area contributed by atoms with Gasteiger partial charge in [-0.05, 0) is 55.3 Å². The van der Waals surface area contributed by atoms with Crippen molar-refractivity contribution in [2.45, 2.75) is 42.9 Å². The van der Waals surface area contributed by atoms with Crippen LogP contribution in [0.3, 0.4) is 0 Å². The Morgan fingerprint density at radius 1 is 1.12 bits per heavy atom. The molecule has 2 aliphatic rings. The number of benzene rings is 2. The van der Waals surface area contributed by atoms with E-state index < -0.39 is 21.9 Å². The van der Waals surface area contributed by atoms with Gasteiger partial charge in [0.05, 0.1) is 33.2 Å². The monoisotopic (exact) mass is 631 g/mol. The standard InChI is InChI=1S/C27H32N4O5S2.C3H9NO/c1-30-12-14-31(15-13-30)38(35,36)21-9-6-19(7-10-21)22(16-18-4-2-3-5-18)25(32)29-27-28-23-11-8-20(26(33)34)17-24(23)37-27;1-5-3-2-4/h6-11,17-18,22H,2-5,12-16H2,1H3,(H,33,34)(H,28,29,32);2-4H2,1H3/t22-;/m1./s1. The number of nitrogens with two attached hydrogens (primary N) is 1. The minimum absolute atomic E-state index is 0.171. The van der Waals surface area contributed by atoms with Gasteiger partial charge in [0.2, 0.25) is 15.9 Å². The van der Waals surface area contributed by atoms with Crippen LogP contribution in [0.4, 0.5) is 5.13 Å². The summed E-state index contributed by atoms with van der Waals surface area (Å²) in [4.78, 5) is 31.7. The molecule has 1 atom stereocenters. The normalized spacial score (nSPS) is 17.4. The number of hydrogen-bond donors (Lipinski definition) is 3. The number of aromatic carboxylic acids is 1. The zero-order valence-corrected chi connectivity index (χ0v) is 26.3. The first kappa shape index (κ1) is 33.0. The van der Waals surface area contributed by atoms with Crippen molar-refractivity contribution < 1.29 is 27.9 Å². The first-order valence-corrected chi connectivity index (χ1v) is 16.8. The number of nitrogens with zero attached hydrogens (tertiary/aromatic N) is 3. The van der Waals surface area contributed by atoms with E-state index in [4.69, 9.17) is 5.73 Å². The predicted molar refractivity (Wildman–Crippen MR) is 168 cm³/mol. The number of hydrogen-bond acceptors (Lipinski definition) is 9. The summed E-state index contributed by atoms with van der Waals surface area (Å²) in [5.74, 6) is -1.21. The van der Waals surface area contributed by atoms with Crippen LogP contribution in [0.25, 0.3) is 10.2 Å². The molecule has 234 valence electrons. The Hall–Kier alpha value is -2.94. The molecule has 0 unspecified atom stereocenters. The van der Waals surface area contributed by atoms with Crippen molar-refractivity contribution in [3.8, 4) is 0 Å². The van der Waals surface area contributed by atoms with Gasteiger partial charge in [0, 0.05) is 39.8 Å². The number of ether oxygens (including phenoxy) is 1. The Bertz CT molecular complexity index is 1480. The number of amides is 1. The minimum atomic E-state index is -3.59. The number of rotatable bonds is 10. The van der Waals surface area contributed by atoms with Crippen molar-refractivity contribution in [3.63, 3.8) is 0 Å². The summed E-state index contributed by atoms with van der Waals surface area (Å²) >= 11 is 1.24. The highest BCUT2D eigenvalue weighted by Crippen LogP contribution is 2.36. The predicted octanol–water partition coefficient (Wildman–Crippen LogP) is 3.82. The molecule has 4 N–H and O–H groups in total. The summed E-state index contributed by atoms with van der Waals surface area (Å²) in [6.07, 6.45) is 5.16. The minimum Gasteiger partial charge on any atom is -0.478 e. The number of thiazole rings is 1. The smallest absolute Gasteiger partial charge is 0.335 e. The van der Waals surface area contributed by atoms with Gasteiger partial charge in [0.1, 0.15) is 0 Å². The highest BCUT2D eigenvalue weighted by atomic mass is 32.2. The highest BCUT2D eigenvalue weighted by molar-refractivity contribution is 7.89. The number of anilines is 1. The van der Waals surface area contributed by atoms with Crippen LogP contribution < -0.4 is 11.1 Å². The molecule has 1 saturated carbocycles. The average molecular weight is 632 g/mol. The van der Waals surface area contributed by atoms with Crippen LogP contribution in [0.5, 0.6) is 0 Å². The number of carbonyl (C=O) groups excluding carboxylic acids is 1. The van der Waals surface area contributed by atoms with Gasteiger partial charge in [-0.1, -0.05) is 49.2 Å². The third-order valence-electron chi connectivity index (χ3n) is 7.93. The largest absolute Gasteiger partial charge is 0.478 e. The molecule has 0 spiro atoms. The van der Waals surface area contributed by atoms with E-state index in [1.165, 1.54) is 21.7 Å². The molecule has 1 saturated heterocycles. The summed E-state index contributed by atoms with van der Waals surface area (Å²) in [6.45, 7) is 3.61. The Kier molecular flexibility index (Phi) is 11.6. The fourth-order valence-electron chi connectivity index (χ4n) is 5.45. The van der Waals surface area contributed by atoms with E-state index in [-0.39, 0.29) is 16.4 Å². The van der Waals surface area contributed by atoms with Gasteiger partial charge >= 0.3 is 5.97 Å². The highest BCUT2D eigenvalue weighted by Gasteiger charge is 2.30. The number of sulfonamides is 1. The van der Waals surface area contributed by atoms with Crippen molar-refractivity contribution >= 4 is 48.6 Å². The van der Waals surface area contributed by atoms with E-state index in [9.17, 15) is 23.1 Å². The maximum absolute atomic E-state index is 13.5. The second-order valence-electron chi connectivity index (χ2n) is 11.0. The van der Waals surface area contributed by atoms with E-state index in [2.05, 4.69) is 19.9 Å². The molecule has 13 heteroatoms. The van der Waals surface area contributed by atoms with Gasteiger partial charge < -0.3 is 25.8 Å². The van der Waals surface area contributed by atoms with Crippen LogP contribution >= 0.6 is 11.3 Å². The number of piperazine rings is 1. The summed E-state index contributed by atoms with van der Waals surface area (Å²) in [5, 5.41) is 12.6. The molecule has 2 heterocycles. The lowest BCUT2D eigenvalue weighted by atomic mass is 9.87. The van der Waals surface area contributed by atoms with Gasteiger partial charge in [-0.25, -0.2) is 18.2 Å². The van der Waals surface area contributed by atoms with Crippen LogP contribution in [-0.2, 0) is 19.6 Å². The lowest BCUT2D eigenvalue weighted by molar-refractivity contribution is -0.118. The Labute approximate surface area is 257 Å². The van der Waals surface area contributed by atoms with Gasteiger partial charge in [-0.2, -0.15) is 4.31 Å². The molecule has 3 aromatic rings. The summed E-state index contributed by atoms with van der Waals surface area (Å²) < 4.78 is 33.1. The quantitative estimate of drug-likeness (QED) is 0.303. The number of fused-ring (bicyclic) bond motifs is 1. The summed E-state index contributed by atoms with van der Waals surface area (Å²) in [5.41, 5.74) is 6.59. The third-order valence-corrected chi connectivity index (χ3v) is 10.8. The van der Waals surface area contributed by atoms with Gasteiger partial charge in [-0.15, -0.1) is 0 Å². The van der Waals surface area contributed by atoms with Crippen LogP contribution in [0, 0.1) is 5.92 Å². The van der Waals surface area contributed by atoms with Crippen LogP contribution in [-0.4, -0.2) is 93.1 Å². The second kappa shape index (κ2) is 15.2. The molecular weight excluding hydrogens is 590 g/mol. The maximum Gasteiger partial charge on any atom is 0.335 e. The van der Waals surface area contributed by atoms with Crippen molar-refractivity contribution in [2.24, 2.45) is 11.7 Å². The molecule has 2 fully saturated rings. The topological polar surface area (TPSA) is 155 Å². The number of carbonyl (C=O) groups is 2.